The molecule has 112 valence electrons. The fraction of sp³-hybridized carbons (Fsp3) is 0.350. The minimum Gasteiger partial charge on any atom is -0.310 e. The maximum absolute atomic E-state index is 12.6. The summed E-state index contributed by atoms with van der Waals surface area (Å²) in [6, 6.07) is 17.4. The third kappa shape index (κ3) is 2.28. The molecule has 1 atom stereocenters. The van der Waals surface area contributed by atoms with Gasteiger partial charge in [-0.15, -0.1) is 0 Å². The van der Waals surface area contributed by atoms with E-state index in [1.54, 1.807) is 0 Å². The van der Waals surface area contributed by atoms with Crippen LogP contribution >= 0.6 is 0 Å². The average Bonchev–Trinajstić information content (AvgIpc) is 2.73. The summed E-state index contributed by atoms with van der Waals surface area (Å²) in [5, 5.41) is 3.22. The Kier molecular flexibility index (Phi) is 3.55. The Balaban J connectivity index is 1.89. The van der Waals surface area contributed by atoms with Crippen LogP contribution in [0.15, 0.2) is 48.5 Å². The number of ketones is 1. The lowest BCUT2D eigenvalue weighted by Gasteiger charge is -2.31. The standard InChI is InChI=1S/C20H21NO/c22-19-13-21-12-11-18(19)20-16-7-3-1-5-14(16)9-10-15-6-2-4-8-17(15)20/h1-8,18,20-21H,9-13H2. The minimum atomic E-state index is 0.113. The van der Waals surface area contributed by atoms with Crippen molar-refractivity contribution in [2.24, 2.45) is 5.92 Å². The lowest BCUT2D eigenvalue weighted by Crippen LogP contribution is -2.40. The maximum atomic E-state index is 12.6. The summed E-state index contributed by atoms with van der Waals surface area (Å²) in [6.07, 6.45) is 3.08. The molecule has 1 fully saturated rings. The molecule has 0 aromatic heterocycles. The lowest BCUT2D eigenvalue weighted by atomic mass is 9.74. The molecule has 1 N–H and O–H groups in total. The molecule has 0 radical (unpaired) electrons. The first kappa shape index (κ1) is 13.7. The smallest absolute Gasteiger partial charge is 0.150 e. The second-order valence-electron chi connectivity index (χ2n) is 6.41. The molecule has 0 amide bonds. The van der Waals surface area contributed by atoms with Gasteiger partial charge in [0.15, 0.2) is 5.78 Å². The zero-order valence-electron chi connectivity index (χ0n) is 12.7. The second-order valence-corrected chi connectivity index (χ2v) is 6.41. The van der Waals surface area contributed by atoms with Crippen LogP contribution in [0.25, 0.3) is 0 Å². The van der Waals surface area contributed by atoms with Gasteiger partial charge in [-0.2, -0.15) is 0 Å². The van der Waals surface area contributed by atoms with E-state index in [1.165, 1.54) is 22.3 Å². The monoisotopic (exact) mass is 291 g/mol. The van der Waals surface area contributed by atoms with Gasteiger partial charge in [0.1, 0.15) is 0 Å². The van der Waals surface area contributed by atoms with Crippen LogP contribution in [0.2, 0.25) is 0 Å². The highest BCUT2D eigenvalue weighted by Crippen LogP contribution is 2.41. The van der Waals surface area contributed by atoms with Gasteiger partial charge in [0, 0.05) is 11.8 Å². The zero-order valence-corrected chi connectivity index (χ0v) is 12.7. The Bertz CT molecular complexity index is 659. The Hall–Kier alpha value is -1.93. The number of hydrogen-bond acceptors (Lipinski definition) is 2. The van der Waals surface area contributed by atoms with Crippen molar-refractivity contribution >= 4 is 5.78 Å². The summed E-state index contributed by atoms with van der Waals surface area (Å²) in [7, 11) is 0. The van der Waals surface area contributed by atoms with E-state index in [0.717, 1.165) is 25.8 Å². The molecule has 0 spiro atoms. The number of hydrogen-bond donors (Lipinski definition) is 1. The lowest BCUT2D eigenvalue weighted by molar-refractivity contribution is -0.123. The fourth-order valence-electron chi connectivity index (χ4n) is 4.11. The predicted octanol–water partition coefficient (Wildman–Crippen LogP) is 3.10. The fourth-order valence-corrected chi connectivity index (χ4v) is 4.11. The van der Waals surface area contributed by atoms with E-state index in [2.05, 4.69) is 53.8 Å². The van der Waals surface area contributed by atoms with Gasteiger partial charge in [0.05, 0.1) is 6.54 Å². The van der Waals surface area contributed by atoms with Crippen LogP contribution in [0, 0.1) is 5.92 Å². The number of aryl methyl sites for hydroxylation is 2. The summed E-state index contributed by atoms with van der Waals surface area (Å²) in [5.74, 6) is 0.703. The molecule has 22 heavy (non-hydrogen) atoms. The van der Waals surface area contributed by atoms with Crippen molar-refractivity contribution in [3.05, 3.63) is 70.8 Å². The van der Waals surface area contributed by atoms with Gasteiger partial charge < -0.3 is 5.32 Å². The molecule has 0 saturated carbocycles. The van der Waals surface area contributed by atoms with Crippen molar-refractivity contribution < 1.29 is 4.79 Å². The first-order valence-corrected chi connectivity index (χ1v) is 8.23. The molecule has 1 aliphatic heterocycles. The van der Waals surface area contributed by atoms with Crippen LogP contribution in [0.4, 0.5) is 0 Å². The van der Waals surface area contributed by atoms with Gasteiger partial charge >= 0.3 is 0 Å². The number of benzene rings is 2. The van der Waals surface area contributed by atoms with Crippen molar-refractivity contribution in [1.82, 2.24) is 5.32 Å². The van der Waals surface area contributed by atoms with E-state index in [1.807, 2.05) is 0 Å². The predicted molar refractivity (Wildman–Crippen MR) is 88.1 cm³/mol. The van der Waals surface area contributed by atoms with Crippen molar-refractivity contribution in [2.75, 3.05) is 13.1 Å². The van der Waals surface area contributed by atoms with Crippen LogP contribution in [-0.4, -0.2) is 18.9 Å². The van der Waals surface area contributed by atoms with Crippen molar-refractivity contribution in [2.45, 2.75) is 25.2 Å². The van der Waals surface area contributed by atoms with Gasteiger partial charge in [-0.3, -0.25) is 4.79 Å². The molecule has 2 heteroatoms. The Labute approximate surface area is 131 Å². The van der Waals surface area contributed by atoms with Crippen LogP contribution in [-0.2, 0) is 17.6 Å². The van der Waals surface area contributed by atoms with Crippen LogP contribution in [0.3, 0.4) is 0 Å². The number of rotatable bonds is 1. The molecule has 4 rings (SSSR count). The SMILES string of the molecule is O=C1CNCCC1C1c2ccccc2CCc2ccccc21. The molecule has 2 aliphatic rings. The topological polar surface area (TPSA) is 29.1 Å². The highest BCUT2D eigenvalue weighted by atomic mass is 16.1. The van der Waals surface area contributed by atoms with Gasteiger partial charge in [0.25, 0.3) is 0 Å². The van der Waals surface area contributed by atoms with Crippen LogP contribution < -0.4 is 5.32 Å². The number of carbonyl (C=O) groups excluding carboxylic acids is 1. The summed E-state index contributed by atoms with van der Waals surface area (Å²) in [5.41, 5.74) is 5.56. The molecule has 1 unspecified atom stereocenters. The quantitative estimate of drug-likeness (QED) is 0.875. The Morgan fingerprint density at radius 2 is 1.45 bits per heavy atom. The van der Waals surface area contributed by atoms with Gasteiger partial charge in [-0.25, -0.2) is 0 Å². The van der Waals surface area contributed by atoms with Gasteiger partial charge in [-0.05, 0) is 48.1 Å². The summed E-state index contributed by atoms with van der Waals surface area (Å²) in [6.45, 7) is 1.46. The third-order valence-corrected chi connectivity index (χ3v) is 5.19. The number of piperidine rings is 1. The summed E-state index contributed by atoms with van der Waals surface area (Å²) in [4.78, 5) is 12.6. The first-order valence-electron chi connectivity index (χ1n) is 8.23. The molecule has 2 nitrogen and oxygen atoms in total. The van der Waals surface area contributed by atoms with Crippen molar-refractivity contribution in [3.63, 3.8) is 0 Å². The van der Waals surface area contributed by atoms with E-state index in [4.69, 9.17) is 0 Å². The van der Waals surface area contributed by atoms with E-state index in [0.29, 0.717) is 12.3 Å². The Morgan fingerprint density at radius 1 is 0.864 bits per heavy atom. The van der Waals surface area contributed by atoms with E-state index in [9.17, 15) is 4.79 Å². The molecule has 2 aromatic rings. The van der Waals surface area contributed by atoms with E-state index in [-0.39, 0.29) is 11.8 Å². The number of fused-ring (bicyclic) bond motifs is 2. The largest absolute Gasteiger partial charge is 0.310 e. The average molecular weight is 291 g/mol. The molecule has 1 heterocycles. The van der Waals surface area contributed by atoms with Crippen molar-refractivity contribution in [3.8, 4) is 0 Å². The second kappa shape index (κ2) is 5.69. The molecule has 1 aliphatic carbocycles. The summed E-state index contributed by atoms with van der Waals surface area (Å²) < 4.78 is 0. The van der Waals surface area contributed by atoms with E-state index < -0.39 is 0 Å². The molecule has 1 saturated heterocycles. The summed E-state index contributed by atoms with van der Waals surface area (Å²) >= 11 is 0. The van der Waals surface area contributed by atoms with Gasteiger partial charge in [-0.1, -0.05) is 48.5 Å². The van der Waals surface area contributed by atoms with Crippen molar-refractivity contribution in [1.29, 1.82) is 0 Å². The molecule has 2 aromatic carbocycles. The first-order chi connectivity index (χ1) is 10.8. The Morgan fingerprint density at radius 3 is 2.05 bits per heavy atom. The number of nitrogens with one attached hydrogen (secondary N) is 1. The third-order valence-electron chi connectivity index (χ3n) is 5.19. The minimum absolute atomic E-state index is 0.113. The molecular weight excluding hydrogens is 270 g/mol. The normalized spacial score (nSPS) is 21.8. The van der Waals surface area contributed by atoms with Gasteiger partial charge in [0.2, 0.25) is 0 Å². The number of carbonyl (C=O) groups is 1. The van der Waals surface area contributed by atoms with Crippen LogP contribution in [0.5, 0.6) is 0 Å². The zero-order chi connectivity index (χ0) is 14.9. The van der Waals surface area contributed by atoms with Crippen LogP contribution in [0.1, 0.15) is 34.6 Å². The maximum Gasteiger partial charge on any atom is 0.150 e. The van der Waals surface area contributed by atoms with E-state index >= 15 is 0 Å². The molecular formula is C20H21NO. The highest BCUT2D eigenvalue weighted by molar-refractivity contribution is 5.85. The molecule has 0 bridgehead atoms. The number of Topliss-reactive ketones (excluding diaryl/α,β-unsaturated/α-hetero) is 1. The highest BCUT2D eigenvalue weighted by Gasteiger charge is 2.35.